The molecule has 4 rings (SSSR count). The van der Waals surface area contributed by atoms with Gasteiger partial charge in [-0.2, -0.15) is 4.98 Å². The molecule has 0 radical (unpaired) electrons. The largest absolute Gasteiger partial charge is 0.289 e. The molecular weight excluding hydrogens is 296 g/mol. The molecule has 0 saturated heterocycles. The molecule has 4 aromatic rings. The van der Waals surface area contributed by atoms with Gasteiger partial charge in [-0.3, -0.25) is 19.6 Å². The number of aromatic amines is 1. The van der Waals surface area contributed by atoms with Crippen molar-refractivity contribution in [1.82, 2.24) is 24.6 Å². The molecule has 100 valence electrons. The molecule has 0 aliphatic rings. The maximum Gasteiger partial charge on any atom is 0.268 e. The normalized spacial score (nSPS) is 11.4. The molecule has 7 nitrogen and oxygen atoms in total. The monoisotopic (exact) mass is 304 g/mol. The third-order valence-corrected chi connectivity index (χ3v) is 4.56. The van der Waals surface area contributed by atoms with Gasteiger partial charge in [0.05, 0.1) is 10.4 Å². The van der Waals surface area contributed by atoms with E-state index < -0.39 is 0 Å². The number of nitrogens with one attached hydrogen (secondary N) is 2. The molecule has 0 bridgehead atoms. The molecule has 20 heavy (non-hydrogen) atoms. The molecule has 0 spiro atoms. The molecule has 0 aliphatic carbocycles. The lowest BCUT2D eigenvalue weighted by molar-refractivity contribution is 0.103. The van der Waals surface area contributed by atoms with Crippen LogP contribution in [0.5, 0.6) is 0 Å². The van der Waals surface area contributed by atoms with E-state index in [1.165, 1.54) is 11.3 Å². The Morgan fingerprint density at radius 2 is 2.35 bits per heavy atom. The van der Waals surface area contributed by atoms with Crippen LogP contribution in [0.15, 0.2) is 17.6 Å². The van der Waals surface area contributed by atoms with Gasteiger partial charge < -0.3 is 0 Å². The number of aromatic nitrogens is 5. The summed E-state index contributed by atoms with van der Waals surface area (Å²) in [4.78, 5) is 23.0. The lowest BCUT2D eigenvalue weighted by Gasteiger charge is -1.96. The summed E-state index contributed by atoms with van der Waals surface area (Å²) in [6, 6.07) is 1.83. The third-order valence-electron chi connectivity index (χ3n) is 2.79. The number of thiophene rings is 1. The highest BCUT2D eigenvalue weighted by Crippen LogP contribution is 2.28. The van der Waals surface area contributed by atoms with E-state index in [0.29, 0.717) is 10.7 Å². The molecule has 9 heteroatoms. The van der Waals surface area contributed by atoms with Gasteiger partial charge in [0, 0.05) is 11.6 Å². The van der Waals surface area contributed by atoms with E-state index in [-0.39, 0.29) is 11.9 Å². The summed E-state index contributed by atoms with van der Waals surface area (Å²) in [5.41, 5.74) is 0.947. The van der Waals surface area contributed by atoms with Crippen molar-refractivity contribution in [3.8, 4) is 0 Å². The quantitative estimate of drug-likeness (QED) is 0.594. The van der Waals surface area contributed by atoms with Gasteiger partial charge in [0.2, 0.25) is 5.95 Å². The Hall–Kier alpha value is -2.26. The number of fused-ring (bicyclic) bond motifs is 3. The van der Waals surface area contributed by atoms with Gasteiger partial charge >= 0.3 is 0 Å². The van der Waals surface area contributed by atoms with E-state index >= 15 is 0 Å². The van der Waals surface area contributed by atoms with Crippen LogP contribution in [0.1, 0.15) is 15.5 Å². The van der Waals surface area contributed by atoms with Crippen LogP contribution in [0.2, 0.25) is 0 Å². The summed E-state index contributed by atoms with van der Waals surface area (Å²) in [7, 11) is 0. The minimum absolute atomic E-state index is 0.226. The van der Waals surface area contributed by atoms with Crippen molar-refractivity contribution in [2.75, 3.05) is 5.32 Å². The second-order valence-corrected chi connectivity index (χ2v) is 6.07. The van der Waals surface area contributed by atoms with E-state index in [2.05, 4.69) is 25.5 Å². The molecule has 0 aliphatic heterocycles. The lowest BCUT2D eigenvalue weighted by atomic mass is 10.4. The van der Waals surface area contributed by atoms with Gasteiger partial charge in [-0.05, 0) is 13.0 Å². The van der Waals surface area contributed by atoms with Crippen LogP contribution < -0.4 is 5.32 Å². The number of aryl methyl sites for hydroxylation is 1. The molecule has 0 fully saturated rings. The maximum atomic E-state index is 12.1. The minimum atomic E-state index is -0.226. The van der Waals surface area contributed by atoms with Crippen molar-refractivity contribution < 1.29 is 4.79 Å². The van der Waals surface area contributed by atoms with Crippen LogP contribution in [0, 0.1) is 6.92 Å². The van der Waals surface area contributed by atoms with Crippen molar-refractivity contribution in [2.24, 2.45) is 0 Å². The molecule has 2 N–H and O–H groups in total. The number of nitrogens with zero attached hydrogens (tertiary/aromatic N) is 4. The van der Waals surface area contributed by atoms with Crippen molar-refractivity contribution in [3.63, 3.8) is 0 Å². The van der Waals surface area contributed by atoms with Crippen LogP contribution in [0.3, 0.4) is 0 Å². The van der Waals surface area contributed by atoms with Crippen molar-refractivity contribution in [1.29, 1.82) is 0 Å². The highest BCUT2D eigenvalue weighted by Gasteiger charge is 2.16. The Morgan fingerprint density at radius 1 is 1.45 bits per heavy atom. The highest BCUT2D eigenvalue weighted by atomic mass is 32.1. The zero-order valence-electron chi connectivity index (χ0n) is 10.2. The Bertz CT molecular complexity index is 929. The molecular formula is C11H8N6OS2. The second-order valence-electron chi connectivity index (χ2n) is 4.17. The van der Waals surface area contributed by atoms with E-state index in [1.807, 2.05) is 22.0 Å². The van der Waals surface area contributed by atoms with Gasteiger partial charge in [0.25, 0.3) is 5.91 Å². The summed E-state index contributed by atoms with van der Waals surface area (Å²) < 4.78 is 1.98. The van der Waals surface area contributed by atoms with Gasteiger partial charge in [-0.1, -0.05) is 0 Å². The summed E-state index contributed by atoms with van der Waals surface area (Å²) in [6.07, 6.45) is 1.95. The smallest absolute Gasteiger partial charge is 0.268 e. The molecule has 4 aromatic heterocycles. The third kappa shape index (κ3) is 1.71. The maximum absolute atomic E-state index is 12.1. The Morgan fingerprint density at radius 3 is 3.15 bits per heavy atom. The van der Waals surface area contributed by atoms with Crippen molar-refractivity contribution >= 4 is 49.8 Å². The summed E-state index contributed by atoms with van der Waals surface area (Å²) in [5.74, 6) is 0.709. The van der Waals surface area contributed by atoms with E-state index in [4.69, 9.17) is 0 Å². The Balaban J connectivity index is 1.70. The fourth-order valence-electron chi connectivity index (χ4n) is 1.92. The first-order valence-electron chi connectivity index (χ1n) is 5.76. The predicted molar refractivity (Wildman–Crippen MR) is 77.5 cm³/mol. The predicted octanol–water partition coefficient (Wildman–Crippen LogP) is 2.29. The van der Waals surface area contributed by atoms with Gasteiger partial charge in [0.1, 0.15) is 10.7 Å². The average molecular weight is 304 g/mol. The fourth-order valence-corrected chi connectivity index (χ4v) is 3.62. The van der Waals surface area contributed by atoms with Crippen LogP contribution >= 0.6 is 22.7 Å². The number of carbonyl (C=O) groups excluding carboxylic acids is 1. The van der Waals surface area contributed by atoms with Crippen molar-refractivity contribution in [3.05, 3.63) is 28.3 Å². The van der Waals surface area contributed by atoms with Gasteiger partial charge in [-0.15, -0.1) is 27.8 Å². The standard InChI is InChI=1S/C11H8N6OS2/c1-5-12-10(16-15-5)13-8(18)7-4-6-9(20-7)14-11-17(6)2-3-19-11/h2-4H,1H3,(H2,12,13,15,16,18). The summed E-state index contributed by atoms with van der Waals surface area (Å²) >= 11 is 2.93. The first-order valence-corrected chi connectivity index (χ1v) is 7.46. The zero-order chi connectivity index (χ0) is 13.7. The summed E-state index contributed by atoms with van der Waals surface area (Å²) in [5, 5.41) is 11.2. The average Bonchev–Trinajstić information content (AvgIpc) is 3.10. The van der Waals surface area contributed by atoms with E-state index in [9.17, 15) is 4.79 Å². The number of thiazole rings is 1. The topological polar surface area (TPSA) is 88.0 Å². The number of rotatable bonds is 2. The first-order chi connectivity index (χ1) is 9.70. The second kappa shape index (κ2) is 4.12. The number of anilines is 1. The molecule has 0 saturated carbocycles. The first kappa shape index (κ1) is 11.6. The number of carbonyl (C=O) groups is 1. The van der Waals surface area contributed by atoms with Gasteiger partial charge in [0.15, 0.2) is 4.96 Å². The van der Waals surface area contributed by atoms with Gasteiger partial charge in [-0.25, -0.2) is 4.98 Å². The molecule has 0 atom stereocenters. The minimum Gasteiger partial charge on any atom is -0.289 e. The Kier molecular flexibility index (Phi) is 2.38. The van der Waals surface area contributed by atoms with E-state index in [0.717, 1.165) is 15.3 Å². The highest BCUT2D eigenvalue weighted by molar-refractivity contribution is 7.21. The number of amides is 1. The van der Waals surface area contributed by atoms with E-state index in [1.54, 1.807) is 18.3 Å². The van der Waals surface area contributed by atoms with Crippen LogP contribution in [0.4, 0.5) is 5.95 Å². The Labute approximate surface area is 120 Å². The van der Waals surface area contributed by atoms with Crippen LogP contribution in [0.25, 0.3) is 15.3 Å². The van der Waals surface area contributed by atoms with Crippen molar-refractivity contribution in [2.45, 2.75) is 6.92 Å². The van der Waals surface area contributed by atoms with Crippen LogP contribution in [-0.2, 0) is 0 Å². The number of hydrogen-bond donors (Lipinski definition) is 2. The number of H-pyrrole nitrogens is 1. The number of hydrogen-bond acceptors (Lipinski definition) is 6. The fraction of sp³-hybridized carbons (Fsp3) is 0.0909. The summed E-state index contributed by atoms with van der Waals surface area (Å²) in [6.45, 7) is 1.77. The molecule has 0 aromatic carbocycles. The van der Waals surface area contributed by atoms with Crippen LogP contribution in [-0.4, -0.2) is 30.5 Å². The molecule has 0 unspecified atom stereocenters. The SMILES string of the molecule is Cc1nc(NC(=O)c2cc3c(nc4sccn43)s2)n[nH]1. The molecule has 4 heterocycles. The number of imidazole rings is 1. The zero-order valence-corrected chi connectivity index (χ0v) is 11.9. The lowest BCUT2D eigenvalue weighted by Crippen LogP contribution is -2.11. The molecule has 1 amide bonds.